The Kier molecular flexibility index (Phi) is 8.82. The molecule has 1 heterocycles. The van der Waals surface area contributed by atoms with Gasteiger partial charge >= 0.3 is 0 Å². The lowest BCUT2D eigenvalue weighted by atomic mass is 9.57. The molecule has 2 aliphatic carbocycles. The van der Waals surface area contributed by atoms with Crippen molar-refractivity contribution < 1.29 is 14.6 Å². The molecule has 0 spiro atoms. The second kappa shape index (κ2) is 12.1. The van der Waals surface area contributed by atoms with Gasteiger partial charge in [0.25, 0.3) is 0 Å². The number of amides is 1. The highest BCUT2D eigenvalue weighted by molar-refractivity contribution is 5.76. The molecule has 1 aliphatic heterocycles. The van der Waals surface area contributed by atoms with E-state index in [1.807, 2.05) is 25.1 Å². The minimum Gasteiger partial charge on any atom is -0.495 e. The van der Waals surface area contributed by atoms with E-state index in [-0.39, 0.29) is 16.7 Å². The molecule has 0 unspecified atom stereocenters. The van der Waals surface area contributed by atoms with E-state index in [1.54, 1.807) is 7.11 Å². The molecule has 7 heteroatoms. The summed E-state index contributed by atoms with van der Waals surface area (Å²) in [6.45, 7) is 10.7. The third kappa shape index (κ3) is 6.28. The van der Waals surface area contributed by atoms with E-state index in [0.717, 1.165) is 76.3 Å². The second-order valence-electron chi connectivity index (χ2n) is 14.2. The highest BCUT2D eigenvalue weighted by Crippen LogP contribution is 2.64. The van der Waals surface area contributed by atoms with E-state index in [4.69, 9.17) is 4.74 Å². The monoisotopic (exact) mass is 576 g/mol. The number of carbonyl (C=O) groups excluding carboxylic acids is 1. The highest BCUT2D eigenvalue weighted by atomic mass is 16.5. The molecule has 1 amide bonds. The highest BCUT2D eigenvalue weighted by Gasteiger charge is 2.61. The van der Waals surface area contributed by atoms with Crippen molar-refractivity contribution in [3.05, 3.63) is 54.1 Å². The number of aliphatic hydroxyl groups is 1. The lowest BCUT2D eigenvalue weighted by Crippen LogP contribution is -2.52. The first-order chi connectivity index (χ1) is 19.9. The molecule has 2 aromatic carbocycles. The zero-order valence-corrected chi connectivity index (χ0v) is 26.7. The van der Waals surface area contributed by atoms with Gasteiger partial charge in [0.05, 0.1) is 18.4 Å². The molecule has 1 saturated heterocycles. The Morgan fingerprint density at radius 1 is 1.00 bits per heavy atom. The summed E-state index contributed by atoms with van der Waals surface area (Å²) < 4.78 is 5.57. The second-order valence-corrected chi connectivity index (χ2v) is 14.2. The maximum absolute atomic E-state index is 13.7. The first-order valence-electron chi connectivity index (χ1n) is 15.8. The predicted molar refractivity (Wildman–Crippen MR) is 171 cm³/mol. The Labute approximate surface area is 253 Å². The SMILES string of the molecule is COc1ccccc1N1CCN(C(=O)CC[C@]23CC[C@](C)(O)C[C@H]2C(C)(C)C[C@@H]3NCc2ccc(N(C)C)cc2)CC1. The number of benzene rings is 2. The molecular weight excluding hydrogens is 524 g/mol. The Balaban J connectivity index is 1.26. The van der Waals surface area contributed by atoms with E-state index < -0.39 is 5.60 Å². The van der Waals surface area contributed by atoms with Crippen molar-refractivity contribution in [2.45, 2.75) is 77.5 Å². The molecule has 0 radical (unpaired) electrons. The van der Waals surface area contributed by atoms with Gasteiger partial charge in [-0.1, -0.05) is 38.1 Å². The zero-order chi connectivity index (χ0) is 30.1. The van der Waals surface area contributed by atoms with Crippen LogP contribution in [0.15, 0.2) is 48.5 Å². The zero-order valence-electron chi connectivity index (χ0n) is 26.7. The first kappa shape index (κ1) is 30.7. The topological polar surface area (TPSA) is 68.3 Å². The third-order valence-corrected chi connectivity index (χ3v) is 10.7. The molecule has 230 valence electrons. The van der Waals surface area contributed by atoms with Gasteiger partial charge in [-0.2, -0.15) is 0 Å². The van der Waals surface area contributed by atoms with Gasteiger partial charge in [-0.25, -0.2) is 0 Å². The molecule has 42 heavy (non-hydrogen) atoms. The summed E-state index contributed by atoms with van der Waals surface area (Å²) in [5, 5.41) is 15.1. The van der Waals surface area contributed by atoms with Crippen LogP contribution in [0.25, 0.3) is 0 Å². The number of piperazine rings is 1. The molecule has 3 aliphatic rings. The van der Waals surface area contributed by atoms with Crippen LogP contribution in [0.4, 0.5) is 11.4 Å². The number of hydrogen-bond acceptors (Lipinski definition) is 6. The van der Waals surface area contributed by atoms with Crippen LogP contribution in [0.1, 0.15) is 64.9 Å². The predicted octanol–water partition coefficient (Wildman–Crippen LogP) is 5.32. The normalized spacial score (nSPS) is 28.8. The molecule has 2 aromatic rings. The lowest BCUT2D eigenvalue weighted by molar-refractivity contribution is -0.133. The summed E-state index contributed by atoms with van der Waals surface area (Å²) in [5.74, 6) is 1.52. The largest absolute Gasteiger partial charge is 0.495 e. The van der Waals surface area contributed by atoms with Gasteiger partial charge in [-0.3, -0.25) is 4.79 Å². The van der Waals surface area contributed by atoms with Crippen LogP contribution in [0.5, 0.6) is 5.75 Å². The number of rotatable bonds is 9. The molecule has 2 saturated carbocycles. The van der Waals surface area contributed by atoms with Crippen LogP contribution in [-0.4, -0.2) is 74.9 Å². The fraction of sp³-hybridized carbons (Fsp3) is 0.629. The van der Waals surface area contributed by atoms with Crippen LogP contribution >= 0.6 is 0 Å². The number of hydrogen-bond donors (Lipinski definition) is 2. The maximum atomic E-state index is 13.7. The van der Waals surface area contributed by atoms with E-state index in [9.17, 15) is 9.90 Å². The van der Waals surface area contributed by atoms with E-state index in [2.05, 4.69) is 78.3 Å². The van der Waals surface area contributed by atoms with E-state index in [0.29, 0.717) is 18.4 Å². The number of ether oxygens (including phenoxy) is 1. The van der Waals surface area contributed by atoms with Gasteiger partial charge in [-0.05, 0) is 85.6 Å². The van der Waals surface area contributed by atoms with Crippen LogP contribution in [-0.2, 0) is 11.3 Å². The van der Waals surface area contributed by atoms with Gasteiger partial charge in [0, 0.05) is 65.0 Å². The smallest absolute Gasteiger partial charge is 0.222 e. The molecule has 5 rings (SSSR count). The Hall–Kier alpha value is -2.77. The summed E-state index contributed by atoms with van der Waals surface area (Å²) in [5.41, 5.74) is 3.05. The fourth-order valence-corrected chi connectivity index (χ4v) is 8.25. The van der Waals surface area contributed by atoms with Gasteiger partial charge < -0.3 is 29.9 Å². The van der Waals surface area contributed by atoms with Crippen molar-refractivity contribution in [1.29, 1.82) is 0 Å². The molecule has 2 N–H and O–H groups in total. The van der Waals surface area contributed by atoms with Crippen molar-refractivity contribution >= 4 is 17.3 Å². The van der Waals surface area contributed by atoms with Gasteiger partial charge in [0.15, 0.2) is 0 Å². The molecule has 4 atom stereocenters. The van der Waals surface area contributed by atoms with Crippen molar-refractivity contribution in [3.63, 3.8) is 0 Å². The average Bonchev–Trinajstić information content (AvgIpc) is 3.20. The number of fused-ring (bicyclic) bond motifs is 1. The maximum Gasteiger partial charge on any atom is 0.222 e. The molecule has 7 nitrogen and oxygen atoms in total. The number of para-hydroxylation sites is 2. The minimum absolute atomic E-state index is 0.00417. The Morgan fingerprint density at radius 3 is 2.36 bits per heavy atom. The molecule has 0 bridgehead atoms. The van der Waals surface area contributed by atoms with Crippen molar-refractivity contribution in [2.24, 2.45) is 16.7 Å². The number of methoxy groups -OCH3 is 1. The fourth-order valence-electron chi connectivity index (χ4n) is 8.25. The molecule has 3 fully saturated rings. The molecule has 0 aromatic heterocycles. The van der Waals surface area contributed by atoms with Crippen molar-refractivity contribution in [1.82, 2.24) is 10.2 Å². The summed E-state index contributed by atoms with van der Waals surface area (Å²) in [6, 6.07) is 17.2. The van der Waals surface area contributed by atoms with Crippen LogP contribution < -0.4 is 19.9 Å². The number of anilines is 2. The average molecular weight is 577 g/mol. The Bertz CT molecular complexity index is 1220. The summed E-state index contributed by atoms with van der Waals surface area (Å²) in [6.07, 6.45) is 5.07. The minimum atomic E-state index is -0.638. The van der Waals surface area contributed by atoms with Crippen molar-refractivity contribution in [2.75, 3.05) is 57.2 Å². The summed E-state index contributed by atoms with van der Waals surface area (Å²) in [7, 11) is 5.85. The quantitative estimate of drug-likeness (QED) is 0.422. The van der Waals surface area contributed by atoms with Gasteiger partial charge in [0.2, 0.25) is 5.91 Å². The van der Waals surface area contributed by atoms with Crippen LogP contribution in [0.2, 0.25) is 0 Å². The van der Waals surface area contributed by atoms with E-state index >= 15 is 0 Å². The van der Waals surface area contributed by atoms with Gasteiger partial charge in [0.1, 0.15) is 5.75 Å². The van der Waals surface area contributed by atoms with Crippen molar-refractivity contribution in [3.8, 4) is 5.75 Å². The third-order valence-electron chi connectivity index (χ3n) is 10.7. The lowest BCUT2D eigenvalue weighted by Gasteiger charge is -2.51. The van der Waals surface area contributed by atoms with E-state index in [1.165, 1.54) is 11.3 Å². The first-order valence-corrected chi connectivity index (χ1v) is 15.8. The van der Waals surface area contributed by atoms with Crippen LogP contribution in [0.3, 0.4) is 0 Å². The number of carbonyl (C=O) groups is 1. The number of nitrogens with one attached hydrogen (secondary N) is 1. The Morgan fingerprint density at radius 2 is 1.69 bits per heavy atom. The molecular formula is C35H52N4O3. The van der Waals surface area contributed by atoms with Crippen LogP contribution in [0, 0.1) is 16.7 Å². The summed E-state index contributed by atoms with van der Waals surface area (Å²) >= 11 is 0. The van der Waals surface area contributed by atoms with Gasteiger partial charge in [-0.15, -0.1) is 0 Å². The standard InChI is InChI=1S/C35H52N4O3/c1-33(2)24-31(36-25-26-11-13-27(14-12-26)37(4)5)35(18-17-34(3,41)23-30(33)35)16-15-32(40)39-21-19-38(20-22-39)28-9-7-8-10-29(28)42-6/h7-14,30-31,36,41H,15-25H2,1-6H3/t30-,31-,34-,35-/m0/s1. The summed E-state index contributed by atoms with van der Waals surface area (Å²) in [4.78, 5) is 20.2. The number of nitrogens with zero attached hydrogens (tertiary/aromatic N) is 3.